The van der Waals surface area contributed by atoms with Gasteiger partial charge < -0.3 is 18.8 Å². The van der Waals surface area contributed by atoms with E-state index in [-0.39, 0.29) is 5.91 Å². The van der Waals surface area contributed by atoms with E-state index >= 15 is 0 Å². The monoisotopic (exact) mass is 343 g/mol. The van der Waals surface area contributed by atoms with Gasteiger partial charge >= 0.3 is 0 Å². The van der Waals surface area contributed by atoms with Crippen molar-refractivity contribution in [3.63, 3.8) is 0 Å². The number of carbonyl (C=O) groups is 1. The highest BCUT2D eigenvalue weighted by atomic mass is 16.5. The van der Waals surface area contributed by atoms with E-state index < -0.39 is 6.10 Å². The highest BCUT2D eigenvalue weighted by molar-refractivity contribution is 5.97. The summed E-state index contributed by atoms with van der Waals surface area (Å²) in [7, 11) is 0. The van der Waals surface area contributed by atoms with Gasteiger partial charge in [0.05, 0.1) is 25.3 Å². The van der Waals surface area contributed by atoms with E-state index in [1.807, 2.05) is 24.3 Å². The third-order valence-corrected chi connectivity index (χ3v) is 4.46. The number of para-hydroxylation sites is 1. The number of aryl methyl sites for hydroxylation is 1. The molecule has 0 N–H and O–H groups in total. The molecule has 2 fully saturated rings. The van der Waals surface area contributed by atoms with Crippen LogP contribution in [-0.2, 0) is 4.74 Å². The second-order valence-electron chi connectivity index (χ2n) is 6.52. The molecule has 1 amide bonds. The minimum atomic E-state index is -0.390. The van der Waals surface area contributed by atoms with Gasteiger partial charge in [0.1, 0.15) is 5.75 Å². The van der Waals surface area contributed by atoms with E-state index in [2.05, 4.69) is 10.2 Å². The standard InChI is InChI=1S/C18H21N3O4/c1-12-19-20-17(25-12)16-10-21(8-9-23-16)18(22)14-4-2-3-5-15(14)24-11-13-6-7-13/h2-5,13,16H,6-11H2,1H3/t16-/m0/s1. The fourth-order valence-electron chi connectivity index (χ4n) is 2.86. The highest BCUT2D eigenvalue weighted by Gasteiger charge is 2.31. The van der Waals surface area contributed by atoms with Crippen LogP contribution in [0, 0.1) is 12.8 Å². The quantitative estimate of drug-likeness (QED) is 0.829. The number of aromatic nitrogens is 2. The van der Waals surface area contributed by atoms with Crippen LogP contribution < -0.4 is 4.74 Å². The van der Waals surface area contributed by atoms with Gasteiger partial charge in [-0.3, -0.25) is 4.79 Å². The number of amides is 1. The van der Waals surface area contributed by atoms with E-state index in [1.165, 1.54) is 12.8 Å². The van der Waals surface area contributed by atoms with Crippen LogP contribution in [0.15, 0.2) is 28.7 Å². The van der Waals surface area contributed by atoms with E-state index in [1.54, 1.807) is 11.8 Å². The van der Waals surface area contributed by atoms with Crippen molar-refractivity contribution < 1.29 is 18.7 Å². The zero-order valence-corrected chi connectivity index (χ0v) is 14.2. The Morgan fingerprint density at radius 1 is 1.32 bits per heavy atom. The molecule has 1 atom stereocenters. The van der Waals surface area contributed by atoms with Crippen molar-refractivity contribution in [2.24, 2.45) is 5.92 Å². The summed E-state index contributed by atoms with van der Waals surface area (Å²) in [5.74, 6) is 2.12. The minimum absolute atomic E-state index is 0.0593. The Hall–Kier alpha value is -2.41. The lowest BCUT2D eigenvalue weighted by Crippen LogP contribution is -2.42. The van der Waals surface area contributed by atoms with Gasteiger partial charge in [-0.2, -0.15) is 0 Å². The molecule has 132 valence electrons. The zero-order valence-electron chi connectivity index (χ0n) is 14.2. The first kappa shape index (κ1) is 16.1. The largest absolute Gasteiger partial charge is 0.492 e. The molecule has 1 aromatic heterocycles. The van der Waals surface area contributed by atoms with Crippen molar-refractivity contribution in [2.75, 3.05) is 26.3 Å². The summed E-state index contributed by atoms with van der Waals surface area (Å²) in [5.41, 5.74) is 0.588. The van der Waals surface area contributed by atoms with Crippen molar-refractivity contribution in [1.82, 2.24) is 15.1 Å². The normalized spacial score (nSPS) is 20.5. The van der Waals surface area contributed by atoms with Crippen LogP contribution in [0.25, 0.3) is 0 Å². The van der Waals surface area contributed by atoms with E-state index in [0.29, 0.717) is 55.3 Å². The Kier molecular flexibility index (Phi) is 4.40. The number of benzene rings is 1. The minimum Gasteiger partial charge on any atom is -0.492 e. The van der Waals surface area contributed by atoms with Crippen LogP contribution in [0.5, 0.6) is 5.75 Å². The van der Waals surface area contributed by atoms with Crippen LogP contribution in [-0.4, -0.2) is 47.3 Å². The van der Waals surface area contributed by atoms with Crippen molar-refractivity contribution in [2.45, 2.75) is 25.9 Å². The van der Waals surface area contributed by atoms with Crippen LogP contribution >= 0.6 is 0 Å². The molecule has 25 heavy (non-hydrogen) atoms. The predicted octanol–water partition coefficient (Wildman–Crippen LogP) is 2.38. The molecule has 0 radical (unpaired) electrons. The van der Waals surface area contributed by atoms with Gasteiger partial charge in [-0.15, -0.1) is 10.2 Å². The summed E-state index contributed by atoms with van der Waals surface area (Å²) in [4.78, 5) is 14.7. The lowest BCUT2D eigenvalue weighted by molar-refractivity contribution is -0.0350. The highest BCUT2D eigenvalue weighted by Crippen LogP contribution is 2.31. The average Bonchev–Trinajstić information content (AvgIpc) is 3.38. The summed E-state index contributed by atoms with van der Waals surface area (Å²) >= 11 is 0. The van der Waals surface area contributed by atoms with E-state index in [0.717, 1.165) is 0 Å². The molecule has 1 saturated carbocycles. The van der Waals surface area contributed by atoms with Gasteiger partial charge in [-0.1, -0.05) is 12.1 Å². The number of nitrogens with zero attached hydrogens (tertiary/aromatic N) is 3. The van der Waals surface area contributed by atoms with Crippen LogP contribution in [0.3, 0.4) is 0 Å². The first-order chi connectivity index (χ1) is 12.2. The van der Waals surface area contributed by atoms with Gasteiger partial charge in [0.15, 0.2) is 6.10 Å². The van der Waals surface area contributed by atoms with Gasteiger partial charge in [-0.25, -0.2) is 0 Å². The van der Waals surface area contributed by atoms with Gasteiger partial charge in [-0.05, 0) is 30.9 Å². The van der Waals surface area contributed by atoms with Crippen molar-refractivity contribution >= 4 is 5.91 Å². The lowest BCUT2D eigenvalue weighted by atomic mass is 10.1. The van der Waals surface area contributed by atoms with E-state index in [4.69, 9.17) is 13.9 Å². The number of rotatable bonds is 5. The number of carbonyl (C=O) groups excluding carboxylic acids is 1. The Morgan fingerprint density at radius 3 is 2.92 bits per heavy atom. The molecule has 1 aliphatic heterocycles. The van der Waals surface area contributed by atoms with Gasteiger partial charge in [0.2, 0.25) is 11.8 Å². The molecule has 2 heterocycles. The Balaban J connectivity index is 1.48. The summed E-state index contributed by atoms with van der Waals surface area (Å²) in [6, 6.07) is 7.42. The second kappa shape index (κ2) is 6.84. The zero-order chi connectivity index (χ0) is 17.2. The van der Waals surface area contributed by atoms with Gasteiger partial charge in [0, 0.05) is 13.5 Å². The maximum Gasteiger partial charge on any atom is 0.257 e. The summed E-state index contributed by atoms with van der Waals surface area (Å²) in [6.45, 7) is 3.76. The molecule has 1 aliphatic carbocycles. The number of hydrogen-bond donors (Lipinski definition) is 0. The van der Waals surface area contributed by atoms with Crippen molar-refractivity contribution in [3.8, 4) is 5.75 Å². The third-order valence-electron chi connectivity index (χ3n) is 4.46. The molecule has 0 unspecified atom stereocenters. The van der Waals surface area contributed by atoms with Crippen LogP contribution in [0.1, 0.15) is 41.1 Å². The Labute approximate surface area is 145 Å². The molecule has 2 aromatic rings. The van der Waals surface area contributed by atoms with Crippen LogP contribution in [0.2, 0.25) is 0 Å². The molecule has 1 aromatic carbocycles. The third kappa shape index (κ3) is 3.66. The number of morpholine rings is 1. The topological polar surface area (TPSA) is 77.7 Å². The smallest absolute Gasteiger partial charge is 0.257 e. The maximum absolute atomic E-state index is 13.0. The van der Waals surface area contributed by atoms with Crippen molar-refractivity contribution in [1.29, 1.82) is 0 Å². The van der Waals surface area contributed by atoms with Gasteiger partial charge in [0.25, 0.3) is 5.91 Å². The molecule has 7 nitrogen and oxygen atoms in total. The number of ether oxygens (including phenoxy) is 2. The molecule has 7 heteroatoms. The molecule has 2 aliphatic rings. The first-order valence-electron chi connectivity index (χ1n) is 8.63. The Morgan fingerprint density at radius 2 is 2.16 bits per heavy atom. The maximum atomic E-state index is 13.0. The van der Waals surface area contributed by atoms with Crippen LogP contribution in [0.4, 0.5) is 0 Å². The molecular weight excluding hydrogens is 322 g/mol. The van der Waals surface area contributed by atoms with Crippen molar-refractivity contribution in [3.05, 3.63) is 41.6 Å². The molecule has 1 saturated heterocycles. The summed E-state index contributed by atoms with van der Waals surface area (Å²) < 4.78 is 17.0. The predicted molar refractivity (Wildman–Crippen MR) is 88.3 cm³/mol. The SMILES string of the molecule is Cc1nnc([C@@H]2CN(C(=O)c3ccccc3OCC3CC3)CCO2)o1. The molecule has 0 spiro atoms. The summed E-state index contributed by atoms with van der Waals surface area (Å²) in [5, 5.41) is 7.84. The molecule has 0 bridgehead atoms. The number of hydrogen-bond acceptors (Lipinski definition) is 6. The fourth-order valence-corrected chi connectivity index (χ4v) is 2.86. The van der Waals surface area contributed by atoms with E-state index in [9.17, 15) is 4.79 Å². The fraction of sp³-hybridized carbons (Fsp3) is 0.500. The first-order valence-corrected chi connectivity index (χ1v) is 8.63. The lowest BCUT2D eigenvalue weighted by Gasteiger charge is -2.31. The molecular formula is C18H21N3O4. The second-order valence-corrected chi connectivity index (χ2v) is 6.52. The molecule has 4 rings (SSSR count). The average molecular weight is 343 g/mol. The Bertz CT molecular complexity index is 756. The summed E-state index contributed by atoms with van der Waals surface area (Å²) in [6.07, 6.45) is 2.04.